The van der Waals surface area contributed by atoms with Crippen molar-refractivity contribution in [1.82, 2.24) is 0 Å². The van der Waals surface area contributed by atoms with Crippen molar-refractivity contribution >= 4 is 17.6 Å². The zero-order valence-electron chi connectivity index (χ0n) is 18.9. The fourth-order valence-corrected chi connectivity index (χ4v) is 6.87. The Bertz CT molecular complexity index is 1070. The molecule has 174 valence electrons. The summed E-state index contributed by atoms with van der Waals surface area (Å²) < 4.78 is 10.3. The molecule has 0 aromatic heterocycles. The molecule has 1 amide bonds. The highest BCUT2D eigenvalue weighted by atomic mass is 16.5. The molecule has 2 N–H and O–H groups in total. The maximum absolute atomic E-state index is 13.2. The van der Waals surface area contributed by atoms with Gasteiger partial charge < -0.3 is 14.6 Å². The summed E-state index contributed by atoms with van der Waals surface area (Å²) in [5.41, 5.74) is 1.44. The van der Waals surface area contributed by atoms with Crippen LogP contribution in [0.1, 0.15) is 64.8 Å². The van der Waals surface area contributed by atoms with Crippen molar-refractivity contribution in [3.05, 3.63) is 53.1 Å². The number of rotatable bonds is 5. The van der Waals surface area contributed by atoms with Gasteiger partial charge in [-0.3, -0.25) is 10.0 Å². The number of esters is 1. The molecule has 0 spiro atoms. The first-order valence-corrected chi connectivity index (χ1v) is 11.5. The van der Waals surface area contributed by atoms with Crippen molar-refractivity contribution < 1.29 is 29.4 Å². The Hall–Kier alpha value is -3.06. The lowest BCUT2D eigenvalue weighted by Gasteiger charge is -2.57. The summed E-state index contributed by atoms with van der Waals surface area (Å²) >= 11 is 0. The number of carbonyl (C=O) groups excluding carboxylic acids is 2. The van der Waals surface area contributed by atoms with Crippen LogP contribution in [0.4, 0.5) is 5.69 Å². The van der Waals surface area contributed by atoms with Gasteiger partial charge in [0, 0.05) is 17.2 Å². The van der Waals surface area contributed by atoms with Crippen LogP contribution in [-0.2, 0) is 10.2 Å². The van der Waals surface area contributed by atoms with Crippen LogP contribution >= 0.6 is 0 Å². The van der Waals surface area contributed by atoms with Gasteiger partial charge in [-0.1, -0.05) is 0 Å². The zero-order chi connectivity index (χ0) is 23.3. The molecule has 6 rings (SSSR count). The summed E-state index contributed by atoms with van der Waals surface area (Å²) in [7, 11) is 2.87. The standard InChI is InChI=1S/C26H29NO6/c1-32-23-6-3-18(10-21(23)26-12-15-7-16(13-26)9-17(8-15)14-26)24(29)27(31)19-4-5-20(22(28)11-19)25(30)33-2/h3-6,10-11,15-17,28,31H,7-9,12-14H2,1-2H3. The van der Waals surface area contributed by atoms with Gasteiger partial charge in [0.1, 0.15) is 17.1 Å². The first-order valence-electron chi connectivity index (χ1n) is 11.5. The molecule has 33 heavy (non-hydrogen) atoms. The minimum atomic E-state index is -0.703. The van der Waals surface area contributed by atoms with E-state index in [1.807, 2.05) is 12.1 Å². The number of hydrogen-bond acceptors (Lipinski definition) is 6. The third-order valence-electron chi connectivity index (χ3n) is 7.88. The Balaban J connectivity index is 1.46. The number of amides is 1. The molecule has 0 unspecified atom stereocenters. The third-order valence-corrected chi connectivity index (χ3v) is 7.88. The van der Waals surface area contributed by atoms with Gasteiger partial charge in [-0.05, 0) is 92.0 Å². The van der Waals surface area contributed by atoms with Gasteiger partial charge in [-0.25, -0.2) is 4.79 Å². The summed E-state index contributed by atoms with van der Waals surface area (Å²) in [4.78, 5) is 24.9. The summed E-state index contributed by atoms with van der Waals surface area (Å²) in [5, 5.41) is 21.3. The van der Waals surface area contributed by atoms with Gasteiger partial charge in [-0.2, -0.15) is 5.06 Å². The van der Waals surface area contributed by atoms with Crippen LogP contribution in [0.15, 0.2) is 36.4 Å². The number of phenols is 1. The van der Waals surface area contributed by atoms with Crippen molar-refractivity contribution in [2.45, 2.75) is 43.9 Å². The van der Waals surface area contributed by atoms with E-state index in [-0.39, 0.29) is 22.4 Å². The SMILES string of the molecule is COC(=O)c1ccc(N(O)C(=O)c2ccc(OC)c(C34CC5CC(CC(C5)C3)C4)c2)cc1O. The van der Waals surface area contributed by atoms with E-state index >= 15 is 0 Å². The average molecular weight is 452 g/mol. The molecular formula is C26H29NO6. The van der Waals surface area contributed by atoms with E-state index in [0.717, 1.165) is 54.4 Å². The second-order valence-electron chi connectivity index (χ2n) is 9.92. The largest absolute Gasteiger partial charge is 0.507 e. The van der Waals surface area contributed by atoms with Crippen molar-refractivity contribution in [3.8, 4) is 11.5 Å². The topological polar surface area (TPSA) is 96.3 Å². The van der Waals surface area contributed by atoms with E-state index in [9.17, 15) is 19.9 Å². The van der Waals surface area contributed by atoms with Crippen LogP contribution in [0.25, 0.3) is 0 Å². The number of phenolic OH excluding ortho intramolecular Hbond substituents is 1. The molecule has 4 saturated carbocycles. The van der Waals surface area contributed by atoms with Gasteiger partial charge in [0.05, 0.1) is 19.9 Å². The summed E-state index contributed by atoms with van der Waals surface area (Å²) in [6.45, 7) is 0. The molecular weight excluding hydrogens is 422 g/mol. The number of methoxy groups -OCH3 is 2. The lowest BCUT2D eigenvalue weighted by atomic mass is 9.48. The van der Waals surface area contributed by atoms with Crippen molar-refractivity contribution in [2.24, 2.45) is 17.8 Å². The van der Waals surface area contributed by atoms with Crippen LogP contribution in [0.5, 0.6) is 11.5 Å². The van der Waals surface area contributed by atoms with Gasteiger partial charge >= 0.3 is 5.97 Å². The van der Waals surface area contributed by atoms with Crippen LogP contribution in [-0.4, -0.2) is 36.4 Å². The van der Waals surface area contributed by atoms with E-state index in [1.165, 1.54) is 38.5 Å². The third kappa shape index (κ3) is 3.64. The molecule has 2 aromatic carbocycles. The molecule has 0 aliphatic heterocycles. The molecule has 7 heteroatoms. The lowest BCUT2D eigenvalue weighted by molar-refractivity contribution is -0.00618. The fourth-order valence-electron chi connectivity index (χ4n) is 6.87. The van der Waals surface area contributed by atoms with Crippen LogP contribution in [0.3, 0.4) is 0 Å². The van der Waals surface area contributed by atoms with Gasteiger partial charge in [0.2, 0.25) is 0 Å². The lowest BCUT2D eigenvalue weighted by Crippen LogP contribution is -2.48. The number of anilines is 1. The van der Waals surface area contributed by atoms with Gasteiger partial charge in [0.15, 0.2) is 0 Å². The maximum Gasteiger partial charge on any atom is 0.341 e. The van der Waals surface area contributed by atoms with Crippen LogP contribution < -0.4 is 9.80 Å². The van der Waals surface area contributed by atoms with E-state index in [2.05, 4.69) is 4.74 Å². The van der Waals surface area contributed by atoms with E-state index < -0.39 is 11.9 Å². The minimum absolute atomic E-state index is 0.0249. The highest BCUT2D eigenvalue weighted by molar-refractivity contribution is 6.05. The van der Waals surface area contributed by atoms with Crippen LogP contribution in [0, 0.1) is 17.8 Å². The molecule has 4 aliphatic carbocycles. The maximum atomic E-state index is 13.2. The van der Waals surface area contributed by atoms with Gasteiger partial charge in [0.25, 0.3) is 5.91 Å². The number of nitrogens with zero attached hydrogens (tertiary/aromatic N) is 1. The van der Waals surface area contributed by atoms with Crippen LogP contribution in [0.2, 0.25) is 0 Å². The van der Waals surface area contributed by atoms with Crippen molar-refractivity contribution in [2.75, 3.05) is 19.3 Å². The molecule has 0 atom stereocenters. The summed E-state index contributed by atoms with van der Waals surface area (Å²) in [5.74, 6) is 1.32. The van der Waals surface area contributed by atoms with E-state index in [1.54, 1.807) is 13.2 Å². The second kappa shape index (κ2) is 8.06. The first kappa shape index (κ1) is 21.8. The number of benzene rings is 2. The van der Waals surface area contributed by atoms with E-state index in [0.29, 0.717) is 10.6 Å². The van der Waals surface area contributed by atoms with E-state index in [4.69, 9.17) is 4.74 Å². The predicted octanol–water partition coefficient (Wildman–Crippen LogP) is 4.69. The molecule has 4 aliphatic rings. The number of aromatic hydroxyl groups is 1. The van der Waals surface area contributed by atoms with Gasteiger partial charge in [-0.15, -0.1) is 0 Å². The normalized spacial score (nSPS) is 27.3. The molecule has 4 fully saturated rings. The van der Waals surface area contributed by atoms with Crippen molar-refractivity contribution in [3.63, 3.8) is 0 Å². The minimum Gasteiger partial charge on any atom is -0.507 e. The highest BCUT2D eigenvalue weighted by Crippen LogP contribution is 2.62. The first-order chi connectivity index (χ1) is 15.8. The Morgan fingerprint density at radius 3 is 2.15 bits per heavy atom. The predicted molar refractivity (Wildman–Crippen MR) is 121 cm³/mol. The Labute approximate surface area is 192 Å². The highest BCUT2D eigenvalue weighted by Gasteiger charge is 2.52. The Morgan fingerprint density at radius 1 is 0.970 bits per heavy atom. The van der Waals surface area contributed by atoms with Crippen molar-refractivity contribution in [1.29, 1.82) is 0 Å². The monoisotopic (exact) mass is 451 g/mol. The fraction of sp³-hybridized carbons (Fsp3) is 0.462. The molecule has 2 aromatic rings. The summed E-state index contributed by atoms with van der Waals surface area (Å²) in [6, 6.07) is 9.19. The smallest absolute Gasteiger partial charge is 0.341 e. The molecule has 0 heterocycles. The molecule has 0 saturated heterocycles. The second-order valence-corrected chi connectivity index (χ2v) is 9.92. The number of hydrogen-bond donors (Lipinski definition) is 2. The number of hydroxylamine groups is 1. The molecule has 4 bridgehead atoms. The zero-order valence-corrected chi connectivity index (χ0v) is 18.9. The Morgan fingerprint density at radius 2 is 1.61 bits per heavy atom. The number of ether oxygens (including phenoxy) is 2. The summed E-state index contributed by atoms with van der Waals surface area (Å²) in [6.07, 6.45) is 7.32. The average Bonchev–Trinajstić information content (AvgIpc) is 2.81. The Kier molecular flexibility index (Phi) is 5.32. The molecule has 7 nitrogen and oxygen atoms in total. The quantitative estimate of drug-likeness (QED) is 0.389. The molecule has 0 radical (unpaired) electrons. The number of carbonyl (C=O) groups is 2.